The summed E-state index contributed by atoms with van der Waals surface area (Å²) in [7, 11) is 3.95. The lowest BCUT2D eigenvalue weighted by Crippen LogP contribution is -2.34. The van der Waals surface area contributed by atoms with Gasteiger partial charge in [-0.05, 0) is 30.6 Å². The summed E-state index contributed by atoms with van der Waals surface area (Å²) in [5, 5.41) is 5.83. The molecule has 0 saturated carbocycles. The molecule has 0 fully saturated rings. The standard InChI is InChI=1S/C21H25FN4S/c1-6-14-25(4)20(18(7-2)23-8-3)26(5)21-24-19(15-27-21)16-10-9-11-17(22)13-12-16/h3,6,9,11-13,15,23H,1,7,10,14H2,2,4-5H3/b20-18+. The topological polar surface area (TPSA) is 31.4 Å². The highest BCUT2D eigenvalue weighted by atomic mass is 32.1. The van der Waals surface area contributed by atoms with Gasteiger partial charge in [0.2, 0.25) is 0 Å². The number of thiazole rings is 1. The number of hydrogen-bond donors (Lipinski definition) is 1. The van der Waals surface area contributed by atoms with E-state index in [0.29, 0.717) is 13.0 Å². The molecule has 1 N–H and O–H groups in total. The van der Waals surface area contributed by atoms with Gasteiger partial charge in [-0.3, -0.25) is 0 Å². The summed E-state index contributed by atoms with van der Waals surface area (Å²) in [5.41, 5.74) is 2.77. The van der Waals surface area contributed by atoms with E-state index >= 15 is 0 Å². The highest BCUT2D eigenvalue weighted by molar-refractivity contribution is 7.13. The number of rotatable bonds is 8. The van der Waals surface area contributed by atoms with Crippen LogP contribution >= 0.6 is 11.3 Å². The van der Waals surface area contributed by atoms with Crippen LogP contribution in [-0.4, -0.2) is 30.5 Å². The second-order valence-corrected chi connectivity index (χ2v) is 6.86. The van der Waals surface area contributed by atoms with E-state index in [0.717, 1.165) is 34.3 Å². The highest BCUT2D eigenvalue weighted by Crippen LogP contribution is 2.30. The van der Waals surface area contributed by atoms with Crippen molar-refractivity contribution in [3.8, 4) is 12.5 Å². The third-order valence-corrected chi connectivity index (χ3v) is 5.01. The lowest BCUT2D eigenvalue weighted by molar-refractivity contribution is 0.440. The fourth-order valence-corrected chi connectivity index (χ4v) is 3.62. The van der Waals surface area contributed by atoms with Crippen molar-refractivity contribution in [3.63, 3.8) is 0 Å². The predicted molar refractivity (Wildman–Crippen MR) is 114 cm³/mol. The quantitative estimate of drug-likeness (QED) is 0.401. The summed E-state index contributed by atoms with van der Waals surface area (Å²) in [6.07, 6.45) is 15.3. The van der Waals surface area contributed by atoms with Crippen molar-refractivity contribution in [2.24, 2.45) is 0 Å². The van der Waals surface area contributed by atoms with Crippen LogP contribution < -0.4 is 10.2 Å². The molecule has 142 valence electrons. The van der Waals surface area contributed by atoms with Crippen molar-refractivity contribution in [1.82, 2.24) is 15.2 Å². The maximum atomic E-state index is 13.4. The van der Waals surface area contributed by atoms with E-state index in [-0.39, 0.29) is 5.83 Å². The van der Waals surface area contributed by atoms with E-state index < -0.39 is 0 Å². The molecule has 1 aliphatic rings. The van der Waals surface area contributed by atoms with Gasteiger partial charge in [0.05, 0.1) is 11.4 Å². The van der Waals surface area contributed by atoms with Gasteiger partial charge in [-0.25, -0.2) is 9.37 Å². The molecule has 1 aromatic rings. The minimum absolute atomic E-state index is 0.248. The van der Waals surface area contributed by atoms with Gasteiger partial charge in [-0.1, -0.05) is 31.6 Å². The van der Waals surface area contributed by atoms with Crippen molar-refractivity contribution < 1.29 is 4.39 Å². The fourth-order valence-electron chi connectivity index (χ4n) is 2.81. The number of anilines is 1. The first-order chi connectivity index (χ1) is 13.0. The van der Waals surface area contributed by atoms with Crippen LogP contribution in [0, 0.1) is 12.5 Å². The maximum Gasteiger partial charge on any atom is 0.191 e. The molecule has 0 amide bonds. The van der Waals surface area contributed by atoms with Gasteiger partial charge in [-0.2, -0.15) is 0 Å². The molecule has 0 atom stereocenters. The molecule has 0 spiro atoms. The van der Waals surface area contributed by atoms with Crippen molar-refractivity contribution in [3.05, 3.63) is 65.4 Å². The van der Waals surface area contributed by atoms with Gasteiger partial charge in [0, 0.05) is 32.1 Å². The zero-order valence-corrected chi connectivity index (χ0v) is 16.8. The van der Waals surface area contributed by atoms with E-state index in [9.17, 15) is 4.39 Å². The summed E-state index contributed by atoms with van der Waals surface area (Å²) in [6.45, 7) is 6.54. The van der Waals surface area contributed by atoms with E-state index in [1.807, 2.05) is 43.5 Å². The number of aromatic nitrogens is 1. The molecule has 1 aliphatic carbocycles. The van der Waals surface area contributed by atoms with Crippen molar-refractivity contribution >= 4 is 22.0 Å². The molecule has 0 aromatic carbocycles. The van der Waals surface area contributed by atoms with Gasteiger partial charge < -0.3 is 15.1 Å². The number of terminal acetylenes is 1. The van der Waals surface area contributed by atoms with E-state index in [2.05, 4.69) is 22.8 Å². The average molecular weight is 385 g/mol. The third-order valence-electron chi connectivity index (χ3n) is 4.10. The van der Waals surface area contributed by atoms with Gasteiger partial charge in [0.25, 0.3) is 0 Å². The van der Waals surface area contributed by atoms with E-state index in [1.54, 1.807) is 6.08 Å². The second-order valence-electron chi connectivity index (χ2n) is 6.02. The first kappa shape index (κ1) is 20.5. The summed E-state index contributed by atoms with van der Waals surface area (Å²) in [5.74, 6) is 0.693. The molecule has 0 radical (unpaired) electrons. The largest absolute Gasteiger partial charge is 0.356 e. The van der Waals surface area contributed by atoms with E-state index in [4.69, 9.17) is 11.4 Å². The van der Waals surface area contributed by atoms with Crippen LogP contribution in [0.2, 0.25) is 0 Å². The third kappa shape index (κ3) is 5.11. The minimum atomic E-state index is -0.248. The molecule has 2 rings (SSSR count). The number of nitrogens with zero attached hydrogens (tertiary/aromatic N) is 3. The van der Waals surface area contributed by atoms with Crippen LogP contribution in [0.1, 0.15) is 25.5 Å². The number of likely N-dealkylation sites (N-methyl/N-ethyl adjacent to an activating group) is 1. The Morgan fingerprint density at radius 3 is 2.93 bits per heavy atom. The van der Waals surface area contributed by atoms with Crippen molar-refractivity contribution in [2.45, 2.75) is 19.8 Å². The van der Waals surface area contributed by atoms with Crippen LogP contribution in [0.4, 0.5) is 9.52 Å². The monoisotopic (exact) mass is 384 g/mol. The molecule has 0 saturated heterocycles. The molecule has 0 unspecified atom stereocenters. The molecule has 27 heavy (non-hydrogen) atoms. The molecule has 0 bridgehead atoms. The van der Waals surface area contributed by atoms with Gasteiger partial charge >= 0.3 is 0 Å². The predicted octanol–water partition coefficient (Wildman–Crippen LogP) is 4.65. The Bertz CT molecular complexity index is 839. The van der Waals surface area contributed by atoms with Crippen LogP contribution in [0.3, 0.4) is 0 Å². The average Bonchev–Trinajstić information content (AvgIpc) is 3.04. The summed E-state index contributed by atoms with van der Waals surface area (Å²) < 4.78 is 13.4. The van der Waals surface area contributed by atoms with E-state index in [1.165, 1.54) is 23.5 Å². The SMILES string of the molecule is C#CN/C(CC)=C(\N(C)CC=C)N(C)c1nc(C2=CC=C(F)C=CC2)cs1. The molecule has 1 heterocycles. The number of halogens is 1. The Labute approximate surface area is 165 Å². The number of allylic oxidation sites excluding steroid dienone is 7. The van der Waals surface area contributed by atoms with Crippen molar-refractivity contribution in [1.29, 1.82) is 0 Å². The Morgan fingerprint density at radius 1 is 1.48 bits per heavy atom. The van der Waals surface area contributed by atoms with Crippen LogP contribution in [0.25, 0.3) is 5.57 Å². The van der Waals surface area contributed by atoms with Gasteiger partial charge in [0.15, 0.2) is 5.13 Å². The maximum absolute atomic E-state index is 13.4. The normalized spacial score (nSPS) is 14.3. The lowest BCUT2D eigenvalue weighted by Gasteiger charge is -2.31. The fraction of sp³-hybridized carbons (Fsp3) is 0.286. The van der Waals surface area contributed by atoms with Crippen LogP contribution in [0.15, 0.2) is 59.7 Å². The summed E-state index contributed by atoms with van der Waals surface area (Å²) >= 11 is 1.54. The Balaban J connectivity index is 2.38. The summed E-state index contributed by atoms with van der Waals surface area (Å²) in [4.78, 5) is 8.86. The summed E-state index contributed by atoms with van der Waals surface area (Å²) in [6, 6.07) is 2.51. The smallest absolute Gasteiger partial charge is 0.191 e. The molecule has 0 aliphatic heterocycles. The first-order valence-electron chi connectivity index (χ1n) is 8.71. The van der Waals surface area contributed by atoms with Crippen LogP contribution in [-0.2, 0) is 0 Å². The Hall–Kier alpha value is -2.78. The molecule has 6 heteroatoms. The first-order valence-corrected chi connectivity index (χ1v) is 9.59. The minimum Gasteiger partial charge on any atom is -0.356 e. The van der Waals surface area contributed by atoms with Crippen molar-refractivity contribution in [2.75, 3.05) is 25.5 Å². The lowest BCUT2D eigenvalue weighted by atomic mass is 10.1. The molecular weight excluding hydrogens is 359 g/mol. The zero-order valence-electron chi connectivity index (χ0n) is 16.0. The van der Waals surface area contributed by atoms with Gasteiger partial charge in [0.1, 0.15) is 11.6 Å². The Morgan fingerprint density at radius 2 is 2.26 bits per heavy atom. The molecular formula is C21H25FN4S. The second kappa shape index (κ2) is 9.79. The van der Waals surface area contributed by atoms with Crippen LogP contribution in [0.5, 0.6) is 0 Å². The Kier molecular flexibility index (Phi) is 7.44. The number of hydrogen-bond acceptors (Lipinski definition) is 5. The number of nitrogens with one attached hydrogen (secondary N) is 1. The molecule has 1 aromatic heterocycles. The van der Waals surface area contributed by atoms with Gasteiger partial charge in [-0.15, -0.1) is 17.9 Å². The molecule has 4 nitrogen and oxygen atoms in total. The zero-order chi connectivity index (χ0) is 19.8. The highest BCUT2D eigenvalue weighted by Gasteiger charge is 2.19.